The van der Waals surface area contributed by atoms with E-state index < -0.39 is 10.0 Å². The third-order valence-electron chi connectivity index (χ3n) is 3.71. The van der Waals surface area contributed by atoms with E-state index in [2.05, 4.69) is 20.0 Å². The van der Waals surface area contributed by atoms with Crippen LogP contribution in [0, 0.1) is 13.8 Å². The number of fused-ring (bicyclic) bond motifs is 1. The van der Waals surface area contributed by atoms with E-state index in [4.69, 9.17) is 0 Å². The summed E-state index contributed by atoms with van der Waals surface area (Å²) in [6.07, 6.45) is 1.65. The minimum absolute atomic E-state index is 0.0972. The largest absolute Gasteiger partial charge is 0.279 e. The van der Waals surface area contributed by atoms with Gasteiger partial charge in [0, 0.05) is 17.1 Å². The highest BCUT2D eigenvalue weighted by atomic mass is 32.2. The van der Waals surface area contributed by atoms with Gasteiger partial charge in [0.2, 0.25) is 0 Å². The highest BCUT2D eigenvalue weighted by Crippen LogP contribution is 2.25. The zero-order valence-electron chi connectivity index (χ0n) is 13.5. The third-order valence-corrected chi connectivity index (χ3v) is 5.34. The summed E-state index contributed by atoms with van der Waals surface area (Å²) in [4.78, 5) is 0.235. The second kappa shape index (κ2) is 5.38. The van der Waals surface area contributed by atoms with E-state index in [9.17, 15) is 8.42 Å². The fourth-order valence-corrected chi connectivity index (χ4v) is 4.20. The van der Waals surface area contributed by atoms with Crippen molar-refractivity contribution in [1.82, 2.24) is 20.0 Å². The van der Waals surface area contributed by atoms with E-state index in [1.165, 1.54) is 0 Å². The van der Waals surface area contributed by atoms with Crippen molar-refractivity contribution < 1.29 is 8.42 Å². The van der Waals surface area contributed by atoms with Gasteiger partial charge in [-0.15, -0.1) is 0 Å². The molecule has 0 atom stereocenters. The van der Waals surface area contributed by atoms with Crippen molar-refractivity contribution in [3.8, 4) is 0 Å². The number of rotatable bonds is 4. The molecule has 0 fully saturated rings. The van der Waals surface area contributed by atoms with Gasteiger partial charge in [-0.3, -0.25) is 14.5 Å². The Morgan fingerprint density at radius 2 is 2.00 bits per heavy atom. The van der Waals surface area contributed by atoms with Gasteiger partial charge in [-0.05, 0) is 45.9 Å². The van der Waals surface area contributed by atoms with E-state index in [0.717, 1.165) is 10.9 Å². The lowest BCUT2D eigenvalue weighted by Gasteiger charge is -2.10. The molecular formula is C15H19N5O2S. The summed E-state index contributed by atoms with van der Waals surface area (Å²) in [5.74, 6) is 0. The van der Waals surface area contributed by atoms with Crippen molar-refractivity contribution in [1.29, 1.82) is 0 Å². The van der Waals surface area contributed by atoms with Crippen molar-refractivity contribution in [2.75, 3.05) is 4.72 Å². The minimum Gasteiger partial charge on any atom is -0.279 e. The number of benzene rings is 1. The molecule has 2 aromatic heterocycles. The van der Waals surface area contributed by atoms with Gasteiger partial charge >= 0.3 is 0 Å². The molecule has 8 heteroatoms. The summed E-state index contributed by atoms with van der Waals surface area (Å²) in [5.41, 5.74) is 2.48. The van der Waals surface area contributed by atoms with E-state index in [0.29, 0.717) is 17.1 Å². The topological polar surface area (TPSA) is 92.7 Å². The molecule has 0 amide bonds. The number of anilines is 1. The van der Waals surface area contributed by atoms with Gasteiger partial charge < -0.3 is 0 Å². The molecular weight excluding hydrogens is 314 g/mol. The number of nitrogens with zero attached hydrogens (tertiary/aromatic N) is 3. The Morgan fingerprint density at radius 1 is 1.26 bits per heavy atom. The smallest absolute Gasteiger partial charge is 0.265 e. The zero-order valence-corrected chi connectivity index (χ0v) is 14.3. The third kappa shape index (κ3) is 2.70. The number of hydrogen-bond donors (Lipinski definition) is 2. The Hall–Kier alpha value is -2.35. The average Bonchev–Trinajstić information content (AvgIpc) is 3.02. The molecule has 0 saturated carbocycles. The van der Waals surface area contributed by atoms with Crippen LogP contribution < -0.4 is 4.72 Å². The monoisotopic (exact) mass is 333 g/mol. The highest BCUT2D eigenvalue weighted by Gasteiger charge is 2.25. The lowest BCUT2D eigenvalue weighted by molar-refractivity contribution is 0.514. The zero-order chi connectivity index (χ0) is 16.8. The molecule has 0 aliphatic rings. The molecule has 3 rings (SSSR count). The maximum absolute atomic E-state index is 12.8. The number of aromatic nitrogens is 4. The first-order valence-corrected chi connectivity index (χ1v) is 8.79. The van der Waals surface area contributed by atoms with Crippen molar-refractivity contribution in [3.63, 3.8) is 0 Å². The number of aryl methyl sites for hydroxylation is 1. The molecule has 0 bridgehead atoms. The van der Waals surface area contributed by atoms with Gasteiger partial charge in [0.15, 0.2) is 0 Å². The predicted octanol–water partition coefficient (Wildman–Crippen LogP) is 2.76. The molecule has 1 aromatic carbocycles. The summed E-state index contributed by atoms with van der Waals surface area (Å²) in [6.45, 7) is 7.42. The summed E-state index contributed by atoms with van der Waals surface area (Å²) >= 11 is 0. The fourth-order valence-electron chi connectivity index (χ4n) is 2.75. The summed E-state index contributed by atoms with van der Waals surface area (Å²) < 4.78 is 29.9. The Bertz CT molecular complexity index is 969. The van der Waals surface area contributed by atoms with Crippen LogP contribution in [-0.2, 0) is 10.0 Å². The average molecular weight is 333 g/mol. The molecule has 2 N–H and O–H groups in total. The van der Waals surface area contributed by atoms with Gasteiger partial charge in [-0.25, -0.2) is 8.42 Å². The van der Waals surface area contributed by atoms with Crippen LogP contribution in [0.15, 0.2) is 29.3 Å². The van der Waals surface area contributed by atoms with Crippen LogP contribution in [0.4, 0.5) is 5.69 Å². The minimum atomic E-state index is -3.70. The molecule has 0 aliphatic carbocycles. The number of H-pyrrole nitrogens is 1. The van der Waals surface area contributed by atoms with Crippen LogP contribution in [0.25, 0.3) is 10.9 Å². The van der Waals surface area contributed by atoms with Crippen molar-refractivity contribution >= 4 is 26.6 Å². The molecule has 0 aliphatic heterocycles. The highest BCUT2D eigenvalue weighted by molar-refractivity contribution is 7.92. The first kappa shape index (κ1) is 15.5. The first-order chi connectivity index (χ1) is 10.8. The molecule has 0 spiro atoms. The van der Waals surface area contributed by atoms with Crippen molar-refractivity contribution in [2.24, 2.45) is 0 Å². The van der Waals surface area contributed by atoms with Crippen LogP contribution in [0.3, 0.4) is 0 Å². The van der Waals surface area contributed by atoms with E-state index in [-0.39, 0.29) is 10.9 Å². The summed E-state index contributed by atoms with van der Waals surface area (Å²) in [7, 11) is -3.70. The van der Waals surface area contributed by atoms with Gasteiger partial charge in [0.1, 0.15) is 4.90 Å². The molecule has 23 heavy (non-hydrogen) atoms. The van der Waals surface area contributed by atoms with Crippen LogP contribution >= 0.6 is 0 Å². The second-order valence-electron chi connectivity index (χ2n) is 5.82. The molecule has 3 aromatic rings. The number of nitrogens with one attached hydrogen (secondary N) is 2. The number of hydrogen-bond acceptors (Lipinski definition) is 4. The lowest BCUT2D eigenvalue weighted by Crippen LogP contribution is -2.15. The summed E-state index contributed by atoms with van der Waals surface area (Å²) in [5, 5.41) is 12.0. The lowest BCUT2D eigenvalue weighted by atomic mass is 10.2. The van der Waals surface area contributed by atoms with E-state index >= 15 is 0 Å². The molecule has 0 unspecified atom stereocenters. The van der Waals surface area contributed by atoms with Gasteiger partial charge in [-0.2, -0.15) is 10.2 Å². The Kier molecular flexibility index (Phi) is 3.63. The standard InChI is InChI=1S/C15H19N5O2S/c1-9(2)20-11(4)15(10(3)18-20)23(21,22)19-13-5-6-14-12(7-13)8-16-17-14/h5-9,19H,1-4H3,(H,16,17). The maximum atomic E-state index is 12.8. The SMILES string of the molecule is Cc1nn(C(C)C)c(C)c1S(=O)(=O)Nc1ccc2[nH]ncc2c1. The van der Waals surface area contributed by atoms with E-state index in [1.54, 1.807) is 42.9 Å². The van der Waals surface area contributed by atoms with Crippen LogP contribution in [0.5, 0.6) is 0 Å². The normalized spacial score (nSPS) is 12.2. The van der Waals surface area contributed by atoms with E-state index in [1.807, 2.05) is 13.8 Å². The van der Waals surface area contributed by atoms with Crippen LogP contribution in [0.1, 0.15) is 31.3 Å². The maximum Gasteiger partial charge on any atom is 0.265 e. The second-order valence-corrected chi connectivity index (χ2v) is 7.44. The van der Waals surface area contributed by atoms with Gasteiger partial charge in [0.05, 0.1) is 23.1 Å². The van der Waals surface area contributed by atoms with Gasteiger partial charge in [-0.1, -0.05) is 0 Å². The molecule has 0 saturated heterocycles. The first-order valence-electron chi connectivity index (χ1n) is 7.31. The Balaban J connectivity index is 2.01. The van der Waals surface area contributed by atoms with Gasteiger partial charge in [0.25, 0.3) is 10.0 Å². The molecule has 122 valence electrons. The quantitative estimate of drug-likeness (QED) is 0.768. The Morgan fingerprint density at radius 3 is 2.65 bits per heavy atom. The number of aromatic amines is 1. The Labute approximate surface area is 134 Å². The molecule has 2 heterocycles. The van der Waals surface area contributed by atoms with Crippen molar-refractivity contribution in [2.45, 2.75) is 38.6 Å². The number of sulfonamides is 1. The van der Waals surface area contributed by atoms with Crippen LogP contribution in [-0.4, -0.2) is 28.4 Å². The summed E-state index contributed by atoms with van der Waals surface area (Å²) in [6, 6.07) is 5.33. The molecule has 7 nitrogen and oxygen atoms in total. The molecule has 0 radical (unpaired) electrons. The fraction of sp³-hybridized carbons (Fsp3) is 0.333. The van der Waals surface area contributed by atoms with Crippen LogP contribution in [0.2, 0.25) is 0 Å². The van der Waals surface area contributed by atoms with Crippen molar-refractivity contribution in [3.05, 3.63) is 35.8 Å². The predicted molar refractivity (Wildman–Crippen MR) is 89.0 cm³/mol.